The van der Waals surface area contributed by atoms with Gasteiger partial charge in [0.2, 0.25) is 0 Å². The maximum atomic E-state index is 10.2. The van der Waals surface area contributed by atoms with E-state index in [0.717, 1.165) is 5.39 Å². The minimum absolute atomic E-state index is 0.363. The van der Waals surface area contributed by atoms with Crippen molar-refractivity contribution < 1.29 is 20.1 Å². The van der Waals surface area contributed by atoms with Crippen LogP contribution in [0.4, 0.5) is 5.82 Å². The van der Waals surface area contributed by atoms with Crippen LogP contribution in [0.2, 0.25) is 0 Å². The van der Waals surface area contributed by atoms with E-state index in [0.29, 0.717) is 18.0 Å². The average Bonchev–Trinajstić information content (AvgIpc) is 3.10. The number of nitrogens with zero attached hydrogens (tertiary/aromatic N) is 3. The number of allylic oxidation sites excluding steroid dienone is 1. The topological polar surface area (TPSA) is 113 Å². The molecule has 8 nitrogen and oxygen atoms in total. The Morgan fingerprint density at radius 3 is 2.79 bits per heavy atom. The summed E-state index contributed by atoms with van der Waals surface area (Å²) in [6.07, 6.45) is 1.30. The maximum Gasteiger partial charge on any atom is 0.164 e. The minimum atomic E-state index is -1.14. The van der Waals surface area contributed by atoms with Crippen molar-refractivity contribution in [1.82, 2.24) is 14.5 Å². The molecule has 0 aliphatic carbocycles. The third-order valence-corrected chi connectivity index (χ3v) is 4.08. The Hall–Kier alpha value is -2.00. The molecule has 0 saturated carbocycles. The Bertz CT molecular complexity index is 741. The molecular weight excluding hydrogens is 312 g/mol. The van der Waals surface area contributed by atoms with Crippen LogP contribution in [0.25, 0.3) is 11.0 Å². The van der Waals surface area contributed by atoms with Crippen molar-refractivity contribution in [2.45, 2.75) is 38.4 Å². The molecule has 0 unspecified atom stereocenters. The first-order valence-corrected chi connectivity index (χ1v) is 7.84. The first-order valence-electron chi connectivity index (χ1n) is 7.84. The van der Waals surface area contributed by atoms with Gasteiger partial charge in [-0.3, -0.25) is 0 Å². The molecule has 3 heterocycles. The van der Waals surface area contributed by atoms with Gasteiger partial charge < -0.3 is 29.9 Å². The molecule has 24 heavy (non-hydrogen) atoms. The third-order valence-electron chi connectivity index (χ3n) is 4.08. The third kappa shape index (κ3) is 3.01. The highest BCUT2D eigenvalue weighted by Crippen LogP contribution is 2.32. The molecule has 3 rings (SSSR count). The summed E-state index contributed by atoms with van der Waals surface area (Å²) >= 11 is 0. The largest absolute Gasteiger partial charge is 0.394 e. The first-order chi connectivity index (χ1) is 11.5. The van der Waals surface area contributed by atoms with Gasteiger partial charge in [-0.05, 0) is 19.9 Å². The van der Waals surface area contributed by atoms with Gasteiger partial charge in [-0.1, -0.05) is 11.6 Å². The highest BCUT2D eigenvalue weighted by atomic mass is 16.6. The van der Waals surface area contributed by atoms with E-state index in [1.165, 1.54) is 11.9 Å². The van der Waals surface area contributed by atoms with Crippen LogP contribution in [0.15, 0.2) is 30.2 Å². The molecule has 1 aliphatic rings. The molecule has 4 N–H and O–H groups in total. The lowest BCUT2D eigenvalue weighted by Crippen LogP contribution is -2.33. The Kier molecular flexibility index (Phi) is 4.81. The summed E-state index contributed by atoms with van der Waals surface area (Å²) in [7, 11) is 0. The molecule has 1 saturated heterocycles. The Labute approximate surface area is 139 Å². The second-order valence-corrected chi connectivity index (χ2v) is 6.07. The molecule has 0 amide bonds. The average molecular weight is 334 g/mol. The molecule has 0 aromatic carbocycles. The number of aromatic nitrogens is 3. The van der Waals surface area contributed by atoms with Crippen molar-refractivity contribution in [3.8, 4) is 0 Å². The fourth-order valence-electron chi connectivity index (χ4n) is 2.78. The molecule has 1 fully saturated rings. The molecule has 2 aromatic rings. The van der Waals surface area contributed by atoms with E-state index in [9.17, 15) is 15.3 Å². The van der Waals surface area contributed by atoms with E-state index in [-0.39, 0.29) is 6.61 Å². The van der Waals surface area contributed by atoms with Crippen LogP contribution < -0.4 is 5.32 Å². The van der Waals surface area contributed by atoms with Gasteiger partial charge in [0.1, 0.15) is 36.1 Å². The maximum absolute atomic E-state index is 10.2. The van der Waals surface area contributed by atoms with E-state index < -0.39 is 24.5 Å². The van der Waals surface area contributed by atoms with E-state index in [2.05, 4.69) is 21.4 Å². The summed E-state index contributed by atoms with van der Waals surface area (Å²) in [4.78, 5) is 8.51. The zero-order valence-corrected chi connectivity index (χ0v) is 13.6. The van der Waals surface area contributed by atoms with Crippen molar-refractivity contribution in [2.75, 3.05) is 18.5 Å². The molecule has 1 aliphatic heterocycles. The lowest BCUT2D eigenvalue weighted by molar-refractivity contribution is -0.0508. The lowest BCUT2D eigenvalue weighted by atomic mass is 10.1. The Morgan fingerprint density at radius 2 is 2.12 bits per heavy atom. The van der Waals surface area contributed by atoms with Gasteiger partial charge in [0, 0.05) is 12.7 Å². The first kappa shape index (κ1) is 16.8. The van der Waals surface area contributed by atoms with Crippen molar-refractivity contribution in [1.29, 1.82) is 0 Å². The molecule has 4 atom stereocenters. The van der Waals surface area contributed by atoms with Gasteiger partial charge in [0.25, 0.3) is 0 Å². The minimum Gasteiger partial charge on any atom is -0.394 e. The predicted molar refractivity (Wildman–Crippen MR) is 88.5 cm³/mol. The van der Waals surface area contributed by atoms with Crippen LogP contribution in [0.1, 0.15) is 20.1 Å². The van der Waals surface area contributed by atoms with Gasteiger partial charge in [-0.15, -0.1) is 0 Å². The van der Waals surface area contributed by atoms with Crippen LogP contribution >= 0.6 is 0 Å². The molecule has 130 valence electrons. The summed E-state index contributed by atoms with van der Waals surface area (Å²) < 4.78 is 7.21. The number of ether oxygens (including phenoxy) is 1. The number of anilines is 1. The van der Waals surface area contributed by atoms with Gasteiger partial charge in [0.15, 0.2) is 6.23 Å². The number of nitrogens with one attached hydrogen (secondary N) is 1. The summed E-state index contributed by atoms with van der Waals surface area (Å²) in [5, 5.41) is 33.4. The van der Waals surface area contributed by atoms with Crippen LogP contribution in [0.3, 0.4) is 0 Å². The molecule has 0 radical (unpaired) electrons. The van der Waals surface area contributed by atoms with Gasteiger partial charge in [-0.25, -0.2) is 9.97 Å². The number of hydrogen-bond donors (Lipinski definition) is 4. The van der Waals surface area contributed by atoms with E-state index in [4.69, 9.17) is 4.74 Å². The van der Waals surface area contributed by atoms with Crippen molar-refractivity contribution in [2.24, 2.45) is 0 Å². The van der Waals surface area contributed by atoms with E-state index >= 15 is 0 Å². The van der Waals surface area contributed by atoms with Crippen LogP contribution in [0, 0.1) is 0 Å². The zero-order valence-electron chi connectivity index (χ0n) is 13.6. The molecular formula is C16H22N4O4. The number of aliphatic hydroxyl groups is 3. The second-order valence-electron chi connectivity index (χ2n) is 6.07. The summed E-state index contributed by atoms with van der Waals surface area (Å²) in [5.74, 6) is 0.683. The number of aliphatic hydroxyl groups excluding tert-OH is 3. The standard InChI is InChI=1S/C16H22N4O4/c1-9(2)3-5-17-14-10-4-6-20(15(10)19-8-18-14)16-13(23)12(22)11(7-21)24-16/h3-4,6,8,11-13,16,21-23H,5,7H2,1-2H3,(H,17,18,19)/t11-,12-,13-,16-/m1/s1. The van der Waals surface area contributed by atoms with Crippen LogP contribution in [-0.2, 0) is 4.74 Å². The molecule has 2 aromatic heterocycles. The fraction of sp³-hybridized carbons (Fsp3) is 0.500. The molecule has 0 bridgehead atoms. The summed E-state index contributed by atoms with van der Waals surface area (Å²) in [5.41, 5.74) is 1.79. The van der Waals surface area contributed by atoms with Crippen molar-refractivity contribution in [3.05, 3.63) is 30.2 Å². The van der Waals surface area contributed by atoms with Crippen LogP contribution in [0.5, 0.6) is 0 Å². The lowest BCUT2D eigenvalue weighted by Gasteiger charge is -2.17. The monoisotopic (exact) mass is 334 g/mol. The summed E-state index contributed by atoms with van der Waals surface area (Å²) in [6, 6.07) is 1.83. The van der Waals surface area contributed by atoms with Crippen molar-refractivity contribution >= 4 is 16.9 Å². The SMILES string of the molecule is CC(C)=CCNc1ncnc2c1ccn2[C@@H]1O[C@H](CO)[C@@H](O)[C@H]1O. The predicted octanol–water partition coefficient (Wildman–Crippen LogP) is 0.421. The smallest absolute Gasteiger partial charge is 0.164 e. The van der Waals surface area contributed by atoms with E-state index in [1.54, 1.807) is 10.8 Å². The van der Waals surface area contributed by atoms with Gasteiger partial charge >= 0.3 is 0 Å². The number of hydrogen-bond acceptors (Lipinski definition) is 7. The highest BCUT2D eigenvalue weighted by molar-refractivity contribution is 5.87. The Balaban J connectivity index is 1.90. The fourth-order valence-corrected chi connectivity index (χ4v) is 2.78. The normalized spacial score (nSPS) is 26.7. The highest BCUT2D eigenvalue weighted by Gasteiger charge is 2.43. The zero-order chi connectivity index (χ0) is 17.3. The number of fused-ring (bicyclic) bond motifs is 1. The van der Waals surface area contributed by atoms with Gasteiger partial charge in [-0.2, -0.15) is 0 Å². The second kappa shape index (κ2) is 6.86. The summed E-state index contributed by atoms with van der Waals surface area (Å²) in [6.45, 7) is 4.33. The van der Waals surface area contributed by atoms with E-state index in [1.807, 2.05) is 19.9 Å². The number of rotatable bonds is 5. The molecule has 8 heteroatoms. The van der Waals surface area contributed by atoms with Gasteiger partial charge in [0.05, 0.1) is 12.0 Å². The Morgan fingerprint density at radius 1 is 1.33 bits per heavy atom. The van der Waals surface area contributed by atoms with Crippen LogP contribution in [-0.4, -0.2) is 61.3 Å². The molecule has 0 spiro atoms. The van der Waals surface area contributed by atoms with Crippen molar-refractivity contribution in [3.63, 3.8) is 0 Å². The quantitative estimate of drug-likeness (QED) is 0.586.